The second-order valence-corrected chi connectivity index (χ2v) is 10.3. The average Bonchev–Trinajstić information content (AvgIpc) is 2.86. The summed E-state index contributed by atoms with van der Waals surface area (Å²) >= 11 is 0. The topological polar surface area (TPSA) is 86.8 Å². The highest BCUT2D eigenvalue weighted by Gasteiger charge is 2.32. The van der Waals surface area contributed by atoms with Crippen molar-refractivity contribution in [2.75, 3.05) is 17.9 Å². The lowest BCUT2D eigenvalue weighted by molar-refractivity contribution is -0.139. The van der Waals surface area contributed by atoms with Gasteiger partial charge in [-0.25, -0.2) is 8.42 Å². The molecule has 0 heterocycles. The number of likely N-dealkylation sites (N-methyl/N-ethyl adjacent to an activating group) is 1. The third kappa shape index (κ3) is 6.27. The van der Waals surface area contributed by atoms with Gasteiger partial charge in [-0.05, 0) is 50.6 Å². The van der Waals surface area contributed by atoms with Crippen molar-refractivity contribution in [3.8, 4) is 0 Å². The molecular formula is C27H31N3O4S. The van der Waals surface area contributed by atoms with E-state index in [2.05, 4.69) is 5.32 Å². The molecule has 0 saturated carbocycles. The number of rotatable bonds is 9. The number of carbonyl (C=O) groups excluding carboxylic acids is 2. The van der Waals surface area contributed by atoms with E-state index in [0.717, 1.165) is 21.0 Å². The van der Waals surface area contributed by atoms with Crippen LogP contribution in [0.3, 0.4) is 0 Å². The van der Waals surface area contributed by atoms with Crippen LogP contribution in [0.5, 0.6) is 0 Å². The molecule has 1 N–H and O–H groups in total. The summed E-state index contributed by atoms with van der Waals surface area (Å²) < 4.78 is 28.5. The summed E-state index contributed by atoms with van der Waals surface area (Å²) in [6.45, 7) is 5.12. The molecule has 0 aliphatic rings. The first-order chi connectivity index (χ1) is 16.6. The van der Waals surface area contributed by atoms with Crippen molar-refractivity contribution in [2.24, 2.45) is 0 Å². The number of amides is 2. The monoisotopic (exact) mass is 493 g/mol. The van der Waals surface area contributed by atoms with Gasteiger partial charge in [0.15, 0.2) is 0 Å². The van der Waals surface area contributed by atoms with E-state index in [0.29, 0.717) is 5.69 Å². The highest BCUT2D eigenvalue weighted by atomic mass is 32.2. The first-order valence-electron chi connectivity index (χ1n) is 11.3. The highest BCUT2D eigenvalue weighted by Crippen LogP contribution is 2.25. The fraction of sp³-hybridized carbons (Fsp3) is 0.259. The Morgan fingerprint density at radius 3 is 1.94 bits per heavy atom. The summed E-state index contributed by atoms with van der Waals surface area (Å²) in [6.07, 6.45) is 0. The van der Waals surface area contributed by atoms with E-state index < -0.39 is 28.5 Å². The normalized spacial score (nSPS) is 12.0. The average molecular weight is 494 g/mol. The number of aryl methyl sites for hydroxylation is 2. The lowest BCUT2D eigenvalue weighted by Crippen LogP contribution is -2.50. The van der Waals surface area contributed by atoms with Crippen molar-refractivity contribution < 1.29 is 18.0 Å². The van der Waals surface area contributed by atoms with Crippen LogP contribution >= 0.6 is 0 Å². The van der Waals surface area contributed by atoms with Gasteiger partial charge in [0.1, 0.15) is 12.6 Å². The highest BCUT2D eigenvalue weighted by molar-refractivity contribution is 7.92. The van der Waals surface area contributed by atoms with Crippen LogP contribution in [0.2, 0.25) is 0 Å². The van der Waals surface area contributed by atoms with E-state index >= 15 is 0 Å². The van der Waals surface area contributed by atoms with Gasteiger partial charge in [0, 0.05) is 13.6 Å². The first-order valence-corrected chi connectivity index (χ1v) is 12.8. The van der Waals surface area contributed by atoms with Crippen LogP contribution in [-0.2, 0) is 26.2 Å². The summed E-state index contributed by atoms with van der Waals surface area (Å²) in [7, 11) is -2.55. The minimum atomic E-state index is -4.05. The number of hydrogen-bond donors (Lipinski definition) is 1. The van der Waals surface area contributed by atoms with Gasteiger partial charge in [-0.3, -0.25) is 13.9 Å². The zero-order chi connectivity index (χ0) is 25.6. The molecule has 2 amide bonds. The summed E-state index contributed by atoms with van der Waals surface area (Å²) in [6, 6.07) is 21.9. The van der Waals surface area contributed by atoms with Crippen molar-refractivity contribution in [1.82, 2.24) is 10.2 Å². The van der Waals surface area contributed by atoms with Gasteiger partial charge in [0.25, 0.3) is 10.0 Å². The van der Waals surface area contributed by atoms with Gasteiger partial charge in [0.05, 0.1) is 10.6 Å². The molecule has 1 atom stereocenters. The van der Waals surface area contributed by atoms with Crippen LogP contribution in [0.1, 0.15) is 23.6 Å². The van der Waals surface area contributed by atoms with Crippen molar-refractivity contribution in [2.45, 2.75) is 38.3 Å². The van der Waals surface area contributed by atoms with Crippen molar-refractivity contribution in [3.05, 3.63) is 95.6 Å². The maximum atomic E-state index is 13.7. The standard InChI is InChI=1S/C27H31N3O4S/c1-20-10-14-24(15-11-20)30(35(33,34)25-16-12-21(2)13-17-25)19-26(31)29(22(3)27(32)28-4)18-23-8-6-5-7-9-23/h5-17,22H,18-19H2,1-4H3,(H,28,32)/t22-/m1/s1. The van der Waals surface area contributed by atoms with Crippen LogP contribution in [0.25, 0.3) is 0 Å². The molecule has 0 radical (unpaired) electrons. The van der Waals surface area contributed by atoms with Crippen LogP contribution in [0.4, 0.5) is 5.69 Å². The van der Waals surface area contributed by atoms with E-state index in [1.807, 2.05) is 44.2 Å². The number of carbonyl (C=O) groups is 2. The van der Waals surface area contributed by atoms with Crippen molar-refractivity contribution in [3.63, 3.8) is 0 Å². The van der Waals surface area contributed by atoms with Crippen molar-refractivity contribution in [1.29, 1.82) is 0 Å². The van der Waals surface area contributed by atoms with E-state index in [9.17, 15) is 18.0 Å². The molecule has 0 fully saturated rings. The number of anilines is 1. The molecule has 3 aromatic rings. The zero-order valence-electron chi connectivity index (χ0n) is 20.4. The summed E-state index contributed by atoms with van der Waals surface area (Å²) in [5, 5.41) is 2.57. The minimum Gasteiger partial charge on any atom is -0.357 e. The van der Waals surface area contributed by atoms with Crippen LogP contribution < -0.4 is 9.62 Å². The Bertz CT molecular complexity index is 1260. The van der Waals surface area contributed by atoms with Gasteiger partial charge in [-0.15, -0.1) is 0 Å². The Morgan fingerprint density at radius 2 is 1.40 bits per heavy atom. The molecule has 3 rings (SSSR count). The number of nitrogens with one attached hydrogen (secondary N) is 1. The number of hydrogen-bond acceptors (Lipinski definition) is 4. The van der Waals surface area contributed by atoms with Gasteiger partial charge in [0.2, 0.25) is 11.8 Å². The number of nitrogens with zero attached hydrogens (tertiary/aromatic N) is 2. The molecule has 3 aromatic carbocycles. The minimum absolute atomic E-state index is 0.0884. The van der Waals surface area contributed by atoms with Gasteiger partial charge < -0.3 is 10.2 Å². The van der Waals surface area contributed by atoms with Gasteiger partial charge >= 0.3 is 0 Å². The molecule has 0 unspecified atom stereocenters. The lowest BCUT2D eigenvalue weighted by atomic mass is 10.1. The fourth-order valence-corrected chi connectivity index (χ4v) is 5.06. The van der Waals surface area contributed by atoms with Crippen LogP contribution in [0.15, 0.2) is 83.8 Å². The molecule has 0 spiro atoms. The Morgan fingerprint density at radius 1 is 0.857 bits per heavy atom. The molecule has 0 aliphatic carbocycles. The Hall–Kier alpha value is -3.65. The van der Waals surface area contributed by atoms with E-state index in [1.54, 1.807) is 43.3 Å². The quantitative estimate of drug-likeness (QED) is 0.493. The maximum absolute atomic E-state index is 13.7. The smallest absolute Gasteiger partial charge is 0.264 e. The van der Waals surface area contributed by atoms with Gasteiger partial charge in [-0.2, -0.15) is 0 Å². The SMILES string of the molecule is CNC(=O)[C@@H](C)N(Cc1ccccc1)C(=O)CN(c1ccc(C)cc1)S(=O)(=O)c1ccc(C)cc1. The van der Waals surface area contributed by atoms with E-state index in [1.165, 1.54) is 24.1 Å². The molecule has 0 bridgehead atoms. The molecular weight excluding hydrogens is 462 g/mol. The Balaban J connectivity index is 2.01. The summed E-state index contributed by atoms with van der Waals surface area (Å²) in [5.74, 6) is -0.821. The van der Waals surface area contributed by atoms with Gasteiger partial charge in [-0.1, -0.05) is 65.7 Å². The number of benzene rings is 3. The molecule has 184 valence electrons. The van der Waals surface area contributed by atoms with Crippen LogP contribution in [0, 0.1) is 13.8 Å². The predicted octanol–water partition coefficient (Wildman–Crippen LogP) is 3.66. The van der Waals surface area contributed by atoms with Crippen LogP contribution in [-0.4, -0.2) is 44.8 Å². The lowest BCUT2D eigenvalue weighted by Gasteiger charge is -2.31. The molecule has 0 saturated heterocycles. The molecule has 35 heavy (non-hydrogen) atoms. The third-order valence-corrected chi connectivity index (χ3v) is 7.61. The molecule has 7 nitrogen and oxygen atoms in total. The molecule has 8 heteroatoms. The summed E-state index contributed by atoms with van der Waals surface area (Å²) in [4.78, 5) is 27.6. The summed E-state index contributed by atoms with van der Waals surface area (Å²) in [5.41, 5.74) is 3.10. The zero-order valence-corrected chi connectivity index (χ0v) is 21.2. The largest absolute Gasteiger partial charge is 0.357 e. The Kier molecular flexibility index (Phi) is 8.30. The van der Waals surface area contributed by atoms with E-state index in [-0.39, 0.29) is 17.3 Å². The second-order valence-electron chi connectivity index (χ2n) is 8.46. The Labute approximate surface area is 207 Å². The van der Waals surface area contributed by atoms with E-state index in [4.69, 9.17) is 0 Å². The molecule has 0 aliphatic heterocycles. The second kappa shape index (κ2) is 11.2. The molecule has 0 aromatic heterocycles. The number of sulfonamides is 1. The first kappa shape index (κ1) is 26.0. The van der Waals surface area contributed by atoms with Crippen molar-refractivity contribution >= 4 is 27.5 Å². The predicted molar refractivity (Wildman–Crippen MR) is 137 cm³/mol. The fourth-order valence-electron chi connectivity index (χ4n) is 3.65. The maximum Gasteiger partial charge on any atom is 0.264 e. The third-order valence-electron chi connectivity index (χ3n) is 5.82.